The molecule has 1 heterocycles. The van der Waals surface area contributed by atoms with Gasteiger partial charge in [-0.2, -0.15) is 0 Å². The molecule has 1 aromatic carbocycles. The summed E-state index contributed by atoms with van der Waals surface area (Å²) in [7, 11) is 0. The summed E-state index contributed by atoms with van der Waals surface area (Å²) in [5, 5.41) is 0.150. The molecule has 0 spiro atoms. The summed E-state index contributed by atoms with van der Waals surface area (Å²) in [4.78, 5) is 15.9. The van der Waals surface area contributed by atoms with Crippen LogP contribution in [-0.4, -0.2) is 15.9 Å². The Hall–Kier alpha value is -1.87. The molecule has 0 amide bonds. The van der Waals surface area contributed by atoms with Crippen LogP contribution < -0.4 is 0 Å². The average molecular weight is 297 g/mol. The predicted molar refractivity (Wildman–Crippen MR) is 90.3 cm³/mol. The molecular weight excluding hydrogens is 278 g/mol. The first kappa shape index (κ1) is 15.5. The van der Waals surface area contributed by atoms with E-state index in [-0.39, 0.29) is 5.12 Å². The van der Waals surface area contributed by atoms with Crippen LogP contribution in [0.1, 0.15) is 30.5 Å². The van der Waals surface area contributed by atoms with E-state index in [2.05, 4.69) is 35.3 Å². The number of pyridine rings is 1. The number of hydrogen-bond acceptors (Lipinski definition) is 3. The lowest BCUT2D eigenvalue weighted by Crippen LogP contribution is -1.94. The fraction of sp³-hybridized carbons (Fsp3) is 0.222. The van der Waals surface area contributed by atoms with Gasteiger partial charge in [-0.25, -0.2) is 0 Å². The van der Waals surface area contributed by atoms with E-state index in [0.717, 1.165) is 23.3 Å². The lowest BCUT2D eigenvalue weighted by Gasteiger charge is -2.03. The topological polar surface area (TPSA) is 30.0 Å². The number of carbonyl (C=O) groups is 1. The van der Waals surface area contributed by atoms with Gasteiger partial charge in [-0.1, -0.05) is 49.0 Å². The van der Waals surface area contributed by atoms with Gasteiger partial charge in [-0.05, 0) is 47.9 Å². The van der Waals surface area contributed by atoms with E-state index in [1.54, 1.807) is 6.20 Å². The number of nitrogens with zero attached hydrogens (tertiary/aromatic N) is 1. The highest BCUT2D eigenvalue weighted by Gasteiger charge is 2.03. The molecule has 0 N–H and O–H groups in total. The third-order valence-electron chi connectivity index (χ3n) is 3.09. The minimum atomic E-state index is 0.150. The molecule has 108 valence electrons. The summed E-state index contributed by atoms with van der Waals surface area (Å²) < 4.78 is 0. The molecule has 21 heavy (non-hydrogen) atoms. The summed E-state index contributed by atoms with van der Waals surface area (Å²) in [6.07, 6.45) is 6.49. The first-order valence-corrected chi connectivity index (χ1v) is 8.01. The summed E-state index contributed by atoms with van der Waals surface area (Å²) in [6.45, 7) is 3.86. The third-order valence-corrected chi connectivity index (χ3v) is 3.96. The van der Waals surface area contributed by atoms with Gasteiger partial charge in [0.15, 0.2) is 0 Å². The van der Waals surface area contributed by atoms with Crippen molar-refractivity contribution in [3.8, 4) is 0 Å². The SMILES string of the molecule is CCSC(=O)/C(C)=C/c1ccc(Cc2cccnc2)cc1. The second-order valence-corrected chi connectivity index (χ2v) is 6.06. The zero-order valence-electron chi connectivity index (χ0n) is 12.4. The summed E-state index contributed by atoms with van der Waals surface area (Å²) in [5.74, 6) is 0.814. The largest absolute Gasteiger partial charge is 0.282 e. The monoisotopic (exact) mass is 297 g/mol. The van der Waals surface area contributed by atoms with Crippen LogP contribution in [0, 0.1) is 0 Å². The standard InChI is InChI=1S/C18H19NOS/c1-3-21-18(20)14(2)11-15-6-8-16(9-7-15)12-17-5-4-10-19-13-17/h4-11,13H,3,12H2,1-2H3/b14-11+. The molecule has 2 nitrogen and oxygen atoms in total. The number of aromatic nitrogens is 1. The highest BCUT2D eigenvalue weighted by atomic mass is 32.2. The molecule has 0 bridgehead atoms. The van der Waals surface area contributed by atoms with Crippen molar-refractivity contribution in [1.29, 1.82) is 0 Å². The molecule has 0 aliphatic carbocycles. The Bertz CT molecular complexity index is 617. The van der Waals surface area contributed by atoms with Crippen molar-refractivity contribution in [2.75, 3.05) is 5.75 Å². The van der Waals surface area contributed by atoms with E-state index >= 15 is 0 Å². The van der Waals surface area contributed by atoms with Gasteiger partial charge in [0.25, 0.3) is 0 Å². The van der Waals surface area contributed by atoms with Gasteiger partial charge in [-0.3, -0.25) is 9.78 Å². The van der Waals surface area contributed by atoms with Crippen LogP contribution in [0.3, 0.4) is 0 Å². The maximum atomic E-state index is 11.7. The van der Waals surface area contributed by atoms with Gasteiger partial charge < -0.3 is 0 Å². The second-order valence-electron chi connectivity index (χ2n) is 4.83. The predicted octanol–water partition coefficient (Wildman–Crippen LogP) is 4.36. The van der Waals surface area contributed by atoms with Crippen molar-refractivity contribution < 1.29 is 4.79 Å². The molecule has 0 radical (unpaired) electrons. The first-order chi connectivity index (χ1) is 10.2. The van der Waals surface area contributed by atoms with E-state index < -0.39 is 0 Å². The Morgan fingerprint density at radius 1 is 1.19 bits per heavy atom. The molecule has 3 heteroatoms. The Labute approximate surface area is 130 Å². The van der Waals surface area contributed by atoms with E-state index in [9.17, 15) is 4.79 Å². The lowest BCUT2D eigenvalue weighted by molar-refractivity contribution is -0.107. The highest BCUT2D eigenvalue weighted by molar-refractivity contribution is 8.14. The van der Waals surface area contributed by atoms with Crippen LogP contribution >= 0.6 is 11.8 Å². The molecule has 2 rings (SSSR count). The zero-order chi connectivity index (χ0) is 15.1. The van der Waals surface area contributed by atoms with Gasteiger partial charge in [0, 0.05) is 18.0 Å². The number of thioether (sulfide) groups is 1. The summed E-state index contributed by atoms with van der Waals surface area (Å²) in [6, 6.07) is 12.3. The molecule has 1 aromatic heterocycles. The van der Waals surface area contributed by atoms with Gasteiger partial charge >= 0.3 is 0 Å². The Morgan fingerprint density at radius 2 is 1.95 bits per heavy atom. The maximum absolute atomic E-state index is 11.7. The number of carbonyl (C=O) groups excluding carboxylic acids is 1. The van der Waals surface area contributed by atoms with Crippen LogP contribution in [-0.2, 0) is 11.2 Å². The van der Waals surface area contributed by atoms with E-state index in [4.69, 9.17) is 0 Å². The van der Waals surface area contributed by atoms with E-state index in [1.807, 2.05) is 32.2 Å². The minimum absolute atomic E-state index is 0.150. The molecule has 0 aliphatic heterocycles. The minimum Gasteiger partial charge on any atom is -0.282 e. The molecule has 0 fully saturated rings. The van der Waals surface area contributed by atoms with E-state index in [0.29, 0.717) is 0 Å². The summed E-state index contributed by atoms with van der Waals surface area (Å²) >= 11 is 1.35. The fourth-order valence-corrected chi connectivity index (χ4v) is 2.57. The molecule has 0 atom stereocenters. The van der Waals surface area contributed by atoms with Gasteiger partial charge in [0.05, 0.1) is 0 Å². The van der Waals surface area contributed by atoms with Gasteiger partial charge in [0.2, 0.25) is 5.12 Å². The van der Waals surface area contributed by atoms with E-state index in [1.165, 1.54) is 22.9 Å². The van der Waals surface area contributed by atoms with Crippen molar-refractivity contribution in [2.24, 2.45) is 0 Å². The Kier molecular flexibility index (Phi) is 5.76. The number of rotatable bonds is 5. The first-order valence-electron chi connectivity index (χ1n) is 7.02. The van der Waals surface area contributed by atoms with Crippen LogP contribution in [0.15, 0.2) is 54.4 Å². The van der Waals surface area contributed by atoms with Crippen LogP contribution in [0.25, 0.3) is 6.08 Å². The molecule has 2 aromatic rings. The lowest BCUT2D eigenvalue weighted by atomic mass is 10.0. The summed E-state index contributed by atoms with van der Waals surface area (Å²) in [5.41, 5.74) is 4.30. The van der Waals surface area contributed by atoms with Crippen LogP contribution in [0.5, 0.6) is 0 Å². The molecule has 0 saturated heterocycles. The van der Waals surface area contributed by atoms with Crippen molar-refractivity contribution in [1.82, 2.24) is 4.98 Å². The van der Waals surface area contributed by atoms with Crippen LogP contribution in [0.4, 0.5) is 0 Å². The van der Waals surface area contributed by atoms with Crippen molar-refractivity contribution in [2.45, 2.75) is 20.3 Å². The molecular formula is C18H19NOS. The third kappa shape index (κ3) is 4.87. The van der Waals surface area contributed by atoms with Crippen LogP contribution in [0.2, 0.25) is 0 Å². The normalized spacial score (nSPS) is 11.4. The molecule has 0 aliphatic rings. The second kappa shape index (κ2) is 7.79. The Balaban J connectivity index is 2.05. The maximum Gasteiger partial charge on any atom is 0.215 e. The Morgan fingerprint density at radius 3 is 2.57 bits per heavy atom. The average Bonchev–Trinajstić information content (AvgIpc) is 2.50. The van der Waals surface area contributed by atoms with Crippen molar-refractivity contribution >= 4 is 23.0 Å². The number of benzene rings is 1. The fourth-order valence-electron chi connectivity index (χ4n) is 2.02. The quantitative estimate of drug-likeness (QED) is 0.768. The smallest absolute Gasteiger partial charge is 0.215 e. The molecule has 0 unspecified atom stereocenters. The zero-order valence-corrected chi connectivity index (χ0v) is 13.2. The van der Waals surface area contributed by atoms with Gasteiger partial charge in [0.1, 0.15) is 0 Å². The van der Waals surface area contributed by atoms with Crippen molar-refractivity contribution in [3.63, 3.8) is 0 Å². The van der Waals surface area contributed by atoms with Crippen molar-refractivity contribution in [3.05, 3.63) is 71.1 Å². The molecule has 0 saturated carbocycles. The number of hydrogen-bond donors (Lipinski definition) is 0. The van der Waals surface area contributed by atoms with Gasteiger partial charge in [-0.15, -0.1) is 0 Å². The highest BCUT2D eigenvalue weighted by Crippen LogP contribution is 2.15.